The molecule has 0 radical (unpaired) electrons. The van der Waals surface area contributed by atoms with Gasteiger partial charge < -0.3 is 25.8 Å². The number of pyridine rings is 1. The molecule has 0 saturated heterocycles. The molecule has 17 nitrogen and oxygen atoms in total. The minimum absolute atomic E-state index is 0.120. The van der Waals surface area contributed by atoms with E-state index in [1.165, 1.54) is 31.9 Å². The van der Waals surface area contributed by atoms with Gasteiger partial charge in [-0.05, 0) is 59.2 Å². The second-order valence-corrected chi connectivity index (χ2v) is 12.6. The van der Waals surface area contributed by atoms with Gasteiger partial charge >= 0.3 is 0 Å². The number of nitrogens with two attached hydrogens (primary N) is 1. The minimum Gasteiger partial charge on any atom is -0.495 e. The number of aromatic amines is 3. The molecular formula is C41H34FN15O2. The second kappa shape index (κ2) is 16.7. The number of rotatable bonds is 11. The lowest BCUT2D eigenvalue weighted by Crippen LogP contribution is -2.13. The fourth-order valence-electron chi connectivity index (χ4n) is 6.19. The second-order valence-electron chi connectivity index (χ2n) is 12.6. The van der Waals surface area contributed by atoms with Crippen LogP contribution in [0.4, 0.5) is 33.2 Å². The molecule has 0 aliphatic carbocycles. The van der Waals surface area contributed by atoms with Crippen molar-refractivity contribution in [2.45, 2.75) is 0 Å². The quantitative estimate of drug-likeness (QED) is 0.0637. The van der Waals surface area contributed by atoms with E-state index in [2.05, 4.69) is 66.1 Å². The Morgan fingerprint density at radius 2 is 1.41 bits per heavy atom. The van der Waals surface area contributed by atoms with Crippen molar-refractivity contribution in [1.29, 1.82) is 5.41 Å². The predicted molar refractivity (Wildman–Crippen MR) is 221 cm³/mol. The first-order valence-corrected chi connectivity index (χ1v) is 17.9. The summed E-state index contributed by atoms with van der Waals surface area (Å²) in [5.41, 5.74) is 14.0. The number of methoxy groups -OCH3 is 2. The molecule has 0 aliphatic heterocycles. The van der Waals surface area contributed by atoms with Crippen LogP contribution in [-0.2, 0) is 0 Å². The monoisotopic (exact) mass is 787 g/mol. The first kappa shape index (κ1) is 37.4. The van der Waals surface area contributed by atoms with Gasteiger partial charge in [0.05, 0.1) is 53.7 Å². The molecule has 6 heterocycles. The van der Waals surface area contributed by atoms with Crippen LogP contribution in [0, 0.1) is 11.2 Å². The average Bonchev–Trinajstić information content (AvgIpc) is 4.08. The number of fused-ring (bicyclic) bond motifs is 1. The molecule has 0 saturated carbocycles. The Balaban J connectivity index is 0.000000164. The van der Waals surface area contributed by atoms with Crippen LogP contribution in [0.2, 0.25) is 0 Å². The van der Waals surface area contributed by atoms with Gasteiger partial charge in [-0.3, -0.25) is 20.7 Å². The van der Waals surface area contributed by atoms with Gasteiger partial charge in [0.1, 0.15) is 47.4 Å². The maximum atomic E-state index is 13.3. The fourth-order valence-corrected chi connectivity index (χ4v) is 6.19. The van der Waals surface area contributed by atoms with Gasteiger partial charge in [0.25, 0.3) is 0 Å². The number of halogens is 1. The zero-order valence-corrected chi connectivity index (χ0v) is 31.4. The number of anilines is 5. The molecule has 18 heteroatoms. The molecule has 0 atom stereocenters. The van der Waals surface area contributed by atoms with Gasteiger partial charge in [-0.15, -0.1) is 0 Å². The van der Waals surface area contributed by atoms with E-state index in [1.807, 2.05) is 60.7 Å². The van der Waals surface area contributed by atoms with Crippen LogP contribution in [0.25, 0.3) is 44.7 Å². The van der Waals surface area contributed by atoms with Crippen LogP contribution in [-0.4, -0.2) is 75.4 Å². The largest absolute Gasteiger partial charge is 0.495 e. The van der Waals surface area contributed by atoms with Crippen molar-refractivity contribution in [3.63, 3.8) is 0 Å². The summed E-state index contributed by atoms with van der Waals surface area (Å²) in [6.07, 6.45) is 7.74. The molecule has 6 aromatic heterocycles. The van der Waals surface area contributed by atoms with Crippen LogP contribution < -0.4 is 25.8 Å². The van der Waals surface area contributed by atoms with Crippen molar-refractivity contribution in [3.05, 3.63) is 139 Å². The lowest BCUT2D eigenvalue weighted by Gasteiger charge is -2.15. The molecule has 0 aliphatic rings. The van der Waals surface area contributed by atoms with Crippen LogP contribution in [0.3, 0.4) is 0 Å². The normalized spacial score (nSPS) is 10.8. The summed E-state index contributed by atoms with van der Waals surface area (Å²) in [6.45, 7) is 0. The molecule has 59 heavy (non-hydrogen) atoms. The first-order valence-electron chi connectivity index (χ1n) is 17.9. The standard InChI is InChI=1S/C21H16FN7O.C20H18N8O/c1-30-17-7-4-13(12-2-5-14(22)6-3-12)10-16(17)26-20-18-19(15-8-9-25-27-15)28-29-21(18)24-11-23-20;1-29-20-15(9-13(10-23-20)12-5-3-2-4-6-12)27-19-16(18(22)24-11-25-19)17(21)14-7-8-26-28-14/h2-11H,1H3,(H,25,27)(H2,23,24,26,28,29);2-11,21H,1H3,(H,26,28)(H3,22,24,25,27). The number of ether oxygens (including phenoxy) is 2. The molecule has 9 rings (SSSR count). The summed E-state index contributed by atoms with van der Waals surface area (Å²) >= 11 is 0. The highest BCUT2D eigenvalue weighted by Crippen LogP contribution is 2.36. The molecule has 8 N–H and O–H groups in total. The van der Waals surface area contributed by atoms with Gasteiger partial charge in [0.2, 0.25) is 5.88 Å². The fraction of sp³-hybridized carbons (Fsp3) is 0.0488. The zero-order chi connectivity index (χ0) is 40.7. The zero-order valence-electron chi connectivity index (χ0n) is 31.4. The number of nitrogen functional groups attached to an aromatic ring is 1. The van der Waals surface area contributed by atoms with Crippen molar-refractivity contribution in [3.8, 4) is 45.3 Å². The summed E-state index contributed by atoms with van der Waals surface area (Å²) < 4.78 is 24.2. The number of aromatic nitrogens is 11. The highest BCUT2D eigenvalue weighted by atomic mass is 19.1. The van der Waals surface area contributed by atoms with Crippen LogP contribution in [0.5, 0.6) is 11.6 Å². The van der Waals surface area contributed by atoms with Crippen molar-refractivity contribution in [2.75, 3.05) is 30.6 Å². The van der Waals surface area contributed by atoms with E-state index < -0.39 is 0 Å². The summed E-state index contributed by atoms with van der Waals surface area (Å²) in [5, 5.41) is 36.5. The van der Waals surface area contributed by atoms with E-state index in [0.717, 1.165) is 39.0 Å². The average molecular weight is 788 g/mol. The smallest absolute Gasteiger partial charge is 0.237 e. The van der Waals surface area contributed by atoms with Crippen molar-refractivity contribution in [2.24, 2.45) is 0 Å². The number of hydrogen-bond donors (Lipinski definition) is 7. The molecule has 292 valence electrons. The van der Waals surface area contributed by atoms with Gasteiger partial charge in [0.15, 0.2) is 5.65 Å². The molecule has 9 aromatic rings. The Kier molecular flexibility index (Phi) is 10.6. The predicted octanol–water partition coefficient (Wildman–Crippen LogP) is 7.31. The summed E-state index contributed by atoms with van der Waals surface area (Å²) in [7, 11) is 3.14. The molecule has 3 aromatic carbocycles. The van der Waals surface area contributed by atoms with Crippen molar-refractivity contribution >= 4 is 45.6 Å². The van der Waals surface area contributed by atoms with E-state index in [4.69, 9.17) is 20.6 Å². The Hall–Kier alpha value is -8.54. The van der Waals surface area contributed by atoms with Crippen molar-refractivity contribution in [1.82, 2.24) is 55.5 Å². The molecule has 0 unspecified atom stereocenters. The van der Waals surface area contributed by atoms with Crippen LogP contribution >= 0.6 is 0 Å². The van der Waals surface area contributed by atoms with Gasteiger partial charge in [-0.25, -0.2) is 29.3 Å². The molecular weight excluding hydrogens is 754 g/mol. The summed E-state index contributed by atoms with van der Waals surface area (Å²) in [6, 6.07) is 27.3. The minimum atomic E-state index is -0.278. The van der Waals surface area contributed by atoms with E-state index >= 15 is 0 Å². The van der Waals surface area contributed by atoms with Crippen LogP contribution in [0.15, 0.2) is 122 Å². The van der Waals surface area contributed by atoms with E-state index in [-0.39, 0.29) is 17.3 Å². The van der Waals surface area contributed by atoms with Crippen molar-refractivity contribution < 1.29 is 13.9 Å². The number of hydrogen-bond acceptors (Lipinski definition) is 14. The SMILES string of the molecule is COc1ccc(-c2ccc(F)cc2)cc1Nc1ncnc2n[nH]c(-c3ccn[nH]3)c12.COc1ncc(-c2ccccc2)cc1Nc1ncnc(N)c1C(=N)c1ccn[nH]1. The Bertz CT molecular complexity index is 2850. The highest BCUT2D eigenvalue weighted by molar-refractivity contribution is 6.15. The van der Waals surface area contributed by atoms with Gasteiger partial charge in [-0.2, -0.15) is 15.3 Å². The summed E-state index contributed by atoms with van der Waals surface area (Å²) in [5.74, 6) is 1.85. The lowest BCUT2D eigenvalue weighted by molar-refractivity contribution is 0.400. The van der Waals surface area contributed by atoms with E-state index in [1.54, 1.807) is 43.9 Å². The molecule has 0 spiro atoms. The third-order valence-electron chi connectivity index (χ3n) is 9.05. The maximum absolute atomic E-state index is 13.3. The maximum Gasteiger partial charge on any atom is 0.237 e. The molecule has 0 bridgehead atoms. The number of benzene rings is 3. The topological polar surface area (TPSA) is 243 Å². The highest BCUT2D eigenvalue weighted by Gasteiger charge is 2.20. The van der Waals surface area contributed by atoms with Crippen LogP contribution in [0.1, 0.15) is 11.3 Å². The molecule has 0 fully saturated rings. The Labute approximate surface area is 334 Å². The van der Waals surface area contributed by atoms with E-state index in [0.29, 0.717) is 51.5 Å². The first-order chi connectivity index (χ1) is 28.9. The van der Waals surface area contributed by atoms with Gasteiger partial charge in [-0.1, -0.05) is 48.5 Å². The lowest BCUT2D eigenvalue weighted by atomic mass is 10.0. The third kappa shape index (κ3) is 7.94. The number of nitrogens with one attached hydrogen (secondary N) is 6. The molecule has 0 amide bonds. The Morgan fingerprint density at radius 1 is 0.695 bits per heavy atom. The van der Waals surface area contributed by atoms with E-state index in [9.17, 15) is 4.39 Å². The summed E-state index contributed by atoms with van der Waals surface area (Å²) in [4.78, 5) is 21.3. The number of nitrogens with zero attached hydrogens (tertiary/aromatic N) is 8. The Morgan fingerprint density at radius 3 is 2.15 bits per heavy atom. The number of H-pyrrole nitrogens is 3. The third-order valence-corrected chi connectivity index (χ3v) is 9.05. The van der Waals surface area contributed by atoms with Gasteiger partial charge in [0, 0.05) is 24.2 Å².